The van der Waals surface area contributed by atoms with E-state index >= 15 is 0 Å². The van der Waals surface area contributed by atoms with Crippen LogP contribution in [0.1, 0.15) is 96.6 Å². The fourth-order valence-corrected chi connectivity index (χ4v) is 8.65. The van der Waals surface area contributed by atoms with Crippen molar-refractivity contribution in [2.24, 2.45) is 18.9 Å². The van der Waals surface area contributed by atoms with Crippen LogP contribution in [-0.4, -0.2) is 102 Å². The lowest BCUT2D eigenvalue weighted by atomic mass is 9.78. The molecule has 2 unspecified atom stereocenters. The van der Waals surface area contributed by atoms with E-state index in [0.717, 1.165) is 48.7 Å². The summed E-state index contributed by atoms with van der Waals surface area (Å²) in [4.78, 5) is 80.3. The van der Waals surface area contributed by atoms with E-state index in [2.05, 4.69) is 10.6 Å². The summed E-state index contributed by atoms with van der Waals surface area (Å²) in [5.41, 5.74) is 1.56. The van der Waals surface area contributed by atoms with E-state index in [-0.39, 0.29) is 42.4 Å². The number of carboxylic acids is 1. The molecule has 284 valence electrons. The molecule has 3 aliphatic heterocycles. The summed E-state index contributed by atoms with van der Waals surface area (Å²) in [6, 6.07) is 3.02. The number of benzene rings is 1. The predicted molar refractivity (Wildman–Crippen MR) is 189 cm³/mol. The second kappa shape index (κ2) is 14.9. The standard InChI is InChI=1S/C37H52N6O9/c1-37(2,3)52-35(50)38-25-20-41(16-15-24-10-12-28(34(48)49)42(24)33(25)47)31(45)19-22-7-5-21(6-8-22)17-23-9-11-26-29(18-23)40(4)36(51)43(26)27-13-14-30(44)39-32(27)46/h9,11,18,21-22,24-25,27-28,32,46H,5-8,10,12-17,19-20H2,1-4H3,(H,38,50)(H,39,44)(H,48,49)/t21-,22+,24-,25+,27?,28+,32?/m1/s1. The lowest BCUT2D eigenvalue weighted by Crippen LogP contribution is -2.60. The number of rotatable bonds is 7. The van der Waals surface area contributed by atoms with Gasteiger partial charge in [0.25, 0.3) is 0 Å². The Bertz CT molecular complexity index is 1770. The van der Waals surface area contributed by atoms with Gasteiger partial charge < -0.3 is 35.4 Å². The monoisotopic (exact) mass is 724 g/mol. The first kappa shape index (κ1) is 37.4. The largest absolute Gasteiger partial charge is 0.480 e. The molecule has 4 fully saturated rings. The van der Waals surface area contributed by atoms with Crippen LogP contribution < -0.4 is 16.3 Å². The van der Waals surface area contributed by atoms with Gasteiger partial charge in [0.1, 0.15) is 23.9 Å². The van der Waals surface area contributed by atoms with Crippen molar-refractivity contribution < 1.29 is 38.9 Å². The van der Waals surface area contributed by atoms with E-state index in [1.54, 1.807) is 41.9 Å². The van der Waals surface area contributed by atoms with E-state index in [4.69, 9.17) is 4.74 Å². The molecule has 0 bridgehead atoms. The average molecular weight is 725 g/mol. The van der Waals surface area contributed by atoms with Crippen LogP contribution in [0.2, 0.25) is 0 Å². The molecule has 1 aromatic carbocycles. The molecular weight excluding hydrogens is 672 g/mol. The third-order valence-electron chi connectivity index (χ3n) is 11.3. The van der Waals surface area contributed by atoms with Crippen molar-refractivity contribution in [3.63, 3.8) is 0 Å². The van der Waals surface area contributed by atoms with E-state index in [0.29, 0.717) is 44.6 Å². The van der Waals surface area contributed by atoms with Gasteiger partial charge in [-0.15, -0.1) is 0 Å². The number of aryl methyl sites for hydroxylation is 1. The maximum Gasteiger partial charge on any atom is 0.408 e. The Morgan fingerprint density at radius 2 is 1.67 bits per heavy atom. The van der Waals surface area contributed by atoms with Crippen molar-refractivity contribution in [2.45, 2.75) is 127 Å². The third kappa shape index (κ3) is 7.98. The highest BCUT2D eigenvalue weighted by molar-refractivity contribution is 5.91. The fourth-order valence-electron chi connectivity index (χ4n) is 8.65. The van der Waals surface area contributed by atoms with Crippen LogP contribution in [0.5, 0.6) is 0 Å². The summed E-state index contributed by atoms with van der Waals surface area (Å²) in [6.07, 6.45) is 4.83. The number of aliphatic carboxylic acids is 1. The molecule has 3 saturated heterocycles. The number of amides is 4. The Kier molecular flexibility index (Phi) is 10.7. The first-order valence-electron chi connectivity index (χ1n) is 18.6. The summed E-state index contributed by atoms with van der Waals surface area (Å²) in [6.45, 7) is 5.44. The van der Waals surface area contributed by atoms with Gasteiger partial charge in [-0.3, -0.25) is 23.5 Å². The first-order valence-corrected chi connectivity index (χ1v) is 18.6. The normalized spacial score (nSPS) is 28.5. The van der Waals surface area contributed by atoms with Gasteiger partial charge >= 0.3 is 17.8 Å². The molecule has 0 spiro atoms. The number of carbonyl (C=O) groups excluding carboxylic acids is 4. The summed E-state index contributed by atoms with van der Waals surface area (Å²) in [5.74, 6) is -1.29. The van der Waals surface area contributed by atoms with Gasteiger partial charge in [-0.25, -0.2) is 14.4 Å². The van der Waals surface area contributed by atoms with Gasteiger partial charge in [-0.05, 0) is 108 Å². The number of aromatic nitrogens is 2. The summed E-state index contributed by atoms with van der Waals surface area (Å²) < 4.78 is 8.57. The minimum Gasteiger partial charge on any atom is -0.480 e. The molecule has 5 atom stereocenters. The molecule has 1 aromatic heterocycles. The molecule has 15 heteroatoms. The highest BCUT2D eigenvalue weighted by Gasteiger charge is 2.46. The molecule has 4 N–H and O–H groups in total. The van der Waals surface area contributed by atoms with Crippen LogP contribution in [0.25, 0.3) is 11.0 Å². The zero-order chi connectivity index (χ0) is 37.5. The second-order valence-corrected chi connectivity index (χ2v) is 16.1. The molecule has 0 radical (unpaired) electrons. The molecule has 4 heterocycles. The number of piperidine rings is 1. The van der Waals surface area contributed by atoms with Crippen molar-refractivity contribution in [1.82, 2.24) is 29.6 Å². The number of imidazole rings is 1. The molecule has 1 saturated carbocycles. The Morgan fingerprint density at radius 1 is 0.962 bits per heavy atom. The Morgan fingerprint density at radius 3 is 2.35 bits per heavy atom. The van der Waals surface area contributed by atoms with Crippen LogP contribution >= 0.6 is 0 Å². The minimum atomic E-state index is -1.13. The lowest BCUT2D eigenvalue weighted by Gasteiger charge is -2.39. The Hall–Kier alpha value is -4.40. The van der Waals surface area contributed by atoms with E-state index < -0.39 is 47.9 Å². The van der Waals surface area contributed by atoms with Gasteiger partial charge in [-0.2, -0.15) is 0 Å². The van der Waals surface area contributed by atoms with Crippen LogP contribution in [0.15, 0.2) is 23.0 Å². The third-order valence-corrected chi connectivity index (χ3v) is 11.3. The van der Waals surface area contributed by atoms with Crippen LogP contribution in [0.4, 0.5) is 4.79 Å². The zero-order valence-electron chi connectivity index (χ0n) is 30.5. The van der Waals surface area contributed by atoms with Crippen LogP contribution in [0, 0.1) is 11.8 Å². The fraction of sp³-hybridized carbons (Fsp3) is 0.676. The topological polar surface area (TPSA) is 193 Å². The number of nitrogens with zero attached hydrogens (tertiary/aromatic N) is 4. The molecule has 52 heavy (non-hydrogen) atoms. The Labute approximate surface area is 302 Å². The van der Waals surface area contributed by atoms with E-state index in [1.807, 2.05) is 18.2 Å². The number of aliphatic hydroxyl groups is 1. The number of hydrogen-bond acceptors (Lipinski definition) is 8. The van der Waals surface area contributed by atoms with Gasteiger partial charge in [0.2, 0.25) is 17.7 Å². The van der Waals surface area contributed by atoms with Gasteiger partial charge in [0.15, 0.2) is 0 Å². The molecule has 1 aliphatic carbocycles. The first-order chi connectivity index (χ1) is 24.6. The molecule has 4 amide bonds. The average Bonchev–Trinajstić information content (AvgIpc) is 3.60. The number of carboxylic acid groups (broad SMARTS) is 1. The van der Waals surface area contributed by atoms with Crippen LogP contribution in [0.3, 0.4) is 0 Å². The van der Waals surface area contributed by atoms with Crippen molar-refractivity contribution in [2.75, 3.05) is 13.1 Å². The SMILES string of the molecule is Cn1c(=O)n(C2CCC(=O)NC2O)c2ccc(C[C@H]3CC[C@@H](CC(=O)N4CC[C@H]5CC[C@@H](C(=O)O)N5C(=O)[C@@H](NC(=O)OC(C)(C)C)C4)CC3)cc21. The quantitative estimate of drug-likeness (QED) is 0.332. The maximum atomic E-state index is 13.8. The summed E-state index contributed by atoms with van der Waals surface area (Å²) >= 11 is 0. The number of hydrogen-bond donors (Lipinski definition) is 4. The van der Waals surface area contributed by atoms with Crippen LogP contribution in [-0.2, 0) is 37.4 Å². The maximum absolute atomic E-state index is 13.8. The molecule has 6 rings (SSSR count). The van der Waals surface area contributed by atoms with Crippen molar-refractivity contribution >= 4 is 40.8 Å². The molecule has 2 aromatic rings. The second-order valence-electron chi connectivity index (χ2n) is 16.1. The summed E-state index contributed by atoms with van der Waals surface area (Å²) in [7, 11) is 1.72. The van der Waals surface area contributed by atoms with Gasteiger partial charge in [0, 0.05) is 32.5 Å². The smallest absolute Gasteiger partial charge is 0.408 e. The molecular formula is C37H52N6O9. The number of fused-ring (bicyclic) bond motifs is 2. The number of ether oxygens (including phenoxy) is 1. The number of alkyl carbamates (subject to hydrolysis) is 1. The minimum absolute atomic E-state index is 0.0527. The van der Waals surface area contributed by atoms with Gasteiger partial charge in [-0.1, -0.05) is 6.07 Å². The van der Waals surface area contributed by atoms with Gasteiger partial charge in [0.05, 0.1) is 23.6 Å². The highest BCUT2D eigenvalue weighted by atomic mass is 16.6. The zero-order valence-corrected chi connectivity index (χ0v) is 30.5. The highest BCUT2D eigenvalue weighted by Crippen LogP contribution is 2.35. The molecule has 4 aliphatic rings. The van der Waals surface area contributed by atoms with Crippen molar-refractivity contribution in [3.8, 4) is 0 Å². The van der Waals surface area contributed by atoms with E-state index in [9.17, 15) is 39.0 Å². The Balaban J connectivity index is 1.07. The number of aliphatic hydroxyl groups excluding tert-OH is 1. The molecule has 15 nitrogen and oxygen atoms in total. The number of carbonyl (C=O) groups is 5. The summed E-state index contributed by atoms with van der Waals surface area (Å²) in [5, 5.41) is 25.5. The van der Waals surface area contributed by atoms with Crippen molar-refractivity contribution in [1.29, 1.82) is 0 Å². The predicted octanol–water partition coefficient (Wildman–Crippen LogP) is 2.42. The van der Waals surface area contributed by atoms with E-state index in [1.165, 1.54) is 4.90 Å². The number of nitrogens with one attached hydrogen (secondary N) is 2. The lowest BCUT2D eigenvalue weighted by molar-refractivity contribution is -0.152. The van der Waals surface area contributed by atoms with Crippen molar-refractivity contribution in [3.05, 3.63) is 34.2 Å².